The summed E-state index contributed by atoms with van der Waals surface area (Å²) in [5.74, 6) is 0.0186. The van der Waals surface area contributed by atoms with E-state index in [4.69, 9.17) is 10.5 Å². The summed E-state index contributed by atoms with van der Waals surface area (Å²) in [6, 6.07) is 18.2. The van der Waals surface area contributed by atoms with Crippen LogP contribution in [0.4, 0.5) is 10.1 Å². The molecule has 3 heteroatoms. The minimum absolute atomic E-state index is 0.355. The number of anilines is 1. The zero-order valence-corrected chi connectivity index (χ0v) is 10.8. The summed E-state index contributed by atoms with van der Waals surface area (Å²) in [6.45, 7) is 0.356. The third-order valence-corrected chi connectivity index (χ3v) is 3.24. The smallest absolute Gasteiger partial charge is 0.145 e. The van der Waals surface area contributed by atoms with E-state index in [1.54, 1.807) is 0 Å². The Balaban J connectivity index is 1.89. The van der Waals surface area contributed by atoms with E-state index in [1.165, 1.54) is 18.2 Å². The Morgan fingerprint density at radius 1 is 0.950 bits per heavy atom. The maximum absolute atomic E-state index is 13.2. The molecule has 0 spiro atoms. The predicted octanol–water partition coefficient (Wildman–Crippen LogP) is 4.14. The molecule has 3 rings (SSSR count). The van der Waals surface area contributed by atoms with Crippen LogP contribution in [0.15, 0.2) is 60.7 Å². The minimum atomic E-state index is -0.355. The van der Waals surface area contributed by atoms with Crippen molar-refractivity contribution < 1.29 is 9.13 Å². The molecule has 0 aromatic heterocycles. The molecule has 0 saturated heterocycles. The van der Waals surface area contributed by atoms with Crippen molar-refractivity contribution in [2.75, 3.05) is 5.73 Å². The Kier molecular flexibility index (Phi) is 3.25. The fraction of sp³-hybridized carbons (Fsp3) is 0.0588. The summed E-state index contributed by atoms with van der Waals surface area (Å²) in [7, 11) is 0. The predicted molar refractivity (Wildman–Crippen MR) is 79.1 cm³/mol. The fourth-order valence-corrected chi connectivity index (χ4v) is 2.21. The van der Waals surface area contributed by atoms with Crippen molar-refractivity contribution in [3.05, 3.63) is 72.0 Å². The van der Waals surface area contributed by atoms with Crippen molar-refractivity contribution in [3.8, 4) is 5.75 Å². The highest BCUT2D eigenvalue weighted by atomic mass is 19.1. The number of ether oxygens (including phenoxy) is 1. The first-order valence-corrected chi connectivity index (χ1v) is 6.38. The second-order valence-corrected chi connectivity index (χ2v) is 4.61. The van der Waals surface area contributed by atoms with Crippen molar-refractivity contribution in [1.82, 2.24) is 0 Å². The summed E-state index contributed by atoms with van der Waals surface area (Å²) in [6.07, 6.45) is 0. The second-order valence-electron chi connectivity index (χ2n) is 4.61. The monoisotopic (exact) mass is 267 g/mol. The highest BCUT2D eigenvalue weighted by Crippen LogP contribution is 2.25. The van der Waals surface area contributed by atoms with Gasteiger partial charge in [-0.2, -0.15) is 0 Å². The van der Waals surface area contributed by atoms with Gasteiger partial charge in [0.05, 0.1) is 5.69 Å². The van der Waals surface area contributed by atoms with E-state index in [2.05, 4.69) is 12.1 Å². The van der Waals surface area contributed by atoms with Gasteiger partial charge in [0.2, 0.25) is 0 Å². The van der Waals surface area contributed by atoms with Crippen LogP contribution in [0.5, 0.6) is 5.75 Å². The molecule has 0 saturated carbocycles. The molecule has 3 aromatic rings. The maximum atomic E-state index is 13.2. The molecule has 0 unspecified atom stereocenters. The highest BCUT2D eigenvalue weighted by molar-refractivity contribution is 5.85. The summed E-state index contributed by atoms with van der Waals surface area (Å²) >= 11 is 0. The van der Waals surface area contributed by atoms with E-state index in [9.17, 15) is 4.39 Å². The molecular weight excluding hydrogens is 253 g/mol. The molecule has 0 fully saturated rings. The minimum Gasteiger partial charge on any atom is -0.487 e. The summed E-state index contributed by atoms with van der Waals surface area (Å²) in [5.41, 5.74) is 7.26. The molecule has 100 valence electrons. The first-order valence-electron chi connectivity index (χ1n) is 6.38. The lowest BCUT2D eigenvalue weighted by Crippen LogP contribution is -2.00. The van der Waals surface area contributed by atoms with Crippen LogP contribution in [0.1, 0.15) is 5.56 Å². The van der Waals surface area contributed by atoms with Gasteiger partial charge in [-0.15, -0.1) is 0 Å². The third kappa shape index (κ3) is 2.43. The number of hydrogen-bond donors (Lipinski definition) is 1. The van der Waals surface area contributed by atoms with E-state index >= 15 is 0 Å². The van der Waals surface area contributed by atoms with Crippen LogP contribution < -0.4 is 10.5 Å². The number of rotatable bonds is 3. The quantitative estimate of drug-likeness (QED) is 0.724. The molecular formula is C17H14FNO. The van der Waals surface area contributed by atoms with Crippen molar-refractivity contribution in [2.45, 2.75) is 6.61 Å². The molecule has 0 heterocycles. The number of nitrogen functional groups attached to an aromatic ring is 1. The SMILES string of the molecule is Nc1ccc(F)cc1OCc1cccc2ccccc12. The van der Waals surface area contributed by atoms with E-state index in [0.717, 1.165) is 16.3 Å². The molecule has 0 atom stereocenters. The van der Waals surface area contributed by atoms with Gasteiger partial charge in [0, 0.05) is 6.07 Å². The van der Waals surface area contributed by atoms with E-state index in [0.29, 0.717) is 18.0 Å². The fourth-order valence-electron chi connectivity index (χ4n) is 2.21. The second kappa shape index (κ2) is 5.21. The van der Waals surface area contributed by atoms with E-state index in [-0.39, 0.29) is 5.82 Å². The Labute approximate surface area is 116 Å². The zero-order chi connectivity index (χ0) is 13.9. The topological polar surface area (TPSA) is 35.2 Å². The number of halogens is 1. The van der Waals surface area contributed by atoms with Crippen molar-refractivity contribution in [2.24, 2.45) is 0 Å². The van der Waals surface area contributed by atoms with Gasteiger partial charge in [0.1, 0.15) is 18.2 Å². The van der Waals surface area contributed by atoms with Gasteiger partial charge in [-0.1, -0.05) is 42.5 Å². The van der Waals surface area contributed by atoms with Gasteiger partial charge in [0.25, 0.3) is 0 Å². The molecule has 0 aliphatic carbocycles. The van der Waals surface area contributed by atoms with Crippen LogP contribution in [-0.4, -0.2) is 0 Å². The van der Waals surface area contributed by atoms with Gasteiger partial charge in [-0.25, -0.2) is 4.39 Å². The normalized spacial score (nSPS) is 10.7. The molecule has 3 aromatic carbocycles. The first kappa shape index (κ1) is 12.5. The van der Waals surface area contributed by atoms with Crippen LogP contribution >= 0.6 is 0 Å². The largest absolute Gasteiger partial charge is 0.487 e. The summed E-state index contributed by atoms with van der Waals surface area (Å²) < 4.78 is 18.8. The lowest BCUT2D eigenvalue weighted by atomic mass is 10.1. The Bertz CT molecular complexity index is 750. The standard InChI is InChI=1S/C17H14FNO/c18-14-8-9-16(19)17(10-14)20-11-13-6-3-5-12-4-1-2-7-15(12)13/h1-10H,11,19H2. The molecule has 0 aliphatic rings. The van der Waals surface area contributed by atoms with Crippen LogP contribution in [0.25, 0.3) is 10.8 Å². The molecule has 0 radical (unpaired) electrons. The Hall–Kier alpha value is -2.55. The zero-order valence-electron chi connectivity index (χ0n) is 10.8. The molecule has 20 heavy (non-hydrogen) atoms. The first-order chi connectivity index (χ1) is 9.74. The van der Waals surface area contributed by atoms with Crippen molar-refractivity contribution in [1.29, 1.82) is 0 Å². The number of benzene rings is 3. The van der Waals surface area contributed by atoms with Crippen LogP contribution in [0.3, 0.4) is 0 Å². The van der Waals surface area contributed by atoms with Crippen molar-refractivity contribution in [3.63, 3.8) is 0 Å². The Morgan fingerprint density at radius 3 is 2.65 bits per heavy atom. The van der Waals surface area contributed by atoms with Gasteiger partial charge in [-0.05, 0) is 28.5 Å². The lowest BCUT2D eigenvalue weighted by Gasteiger charge is -2.11. The van der Waals surface area contributed by atoms with E-state index < -0.39 is 0 Å². The van der Waals surface area contributed by atoms with Gasteiger partial charge < -0.3 is 10.5 Å². The molecule has 2 N–H and O–H groups in total. The highest BCUT2D eigenvalue weighted by Gasteiger charge is 2.05. The summed E-state index contributed by atoms with van der Waals surface area (Å²) in [5, 5.41) is 2.28. The van der Waals surface area contributed by atoms with Crippen LogP contribution in [0.2, 0.25) is 0 Å². The number of hydrogen-bond acceptors (Lipinski definition) is 2. The summed E-state index contributed by atoms with van der Waals surface area (Å²) in [4.78, 5) is 0. The van der Waals surface area contributed by atoms with Crippen LogP contribution in [-0.2, 0) is 6.61 Å². The third-order valence-electron chi connectivity index (χ3n) is 3.24. The van der Waals surface area contributed by atoms with Crippen molar-refractivity contribution >= 4 is 16.5 Å². The molecule has 0 aliphatic heterocycles. The van der Waals surface area contributed by atoms with Crippen LogP contribution in [0, 0.1) is 5.82 Å². The average molecular weight is 267 g/mol. The van der Waals surface area contributed by atoms with Gasteiger partial charge in [0.15, 0.2) is 0 Å². The van der Waals surface area contributed by atoms with Gasteiger partial charge in [-0.3, -0.25) is 0 Å². The maximum Gasteiger partial charge on any atom is 0.145 e. The average Bonchev–Trinajstić information content (AvgIpc) is 2.48. The van der Waals surface area contributed by atoms with E-state index in [1.807, 2.05) is 30.3 Å². The number of nitrogens with two attached hydrogens (primary N) is 1. The number of fused-ring (bicyclic) bond motifs is 1. The molecule has 0 amide bonds. The van der Waals surface area contributed by atoms with Gasteiger partial charge >= 0.3 is 0 Å². The Morgan fingerprint density at radius 2 is 1.75 bits per heavy atom. The molecule has 2 nitrogen and oxygen atoms in total. The molecule has 0 bridgehead atoms. The lowest BCUT2D eigenvalue weighted by molar-refractivity contribution is 0.308.